The van der Waals surface area contributed by atoms with Crippen molar-refractivity contribution in [1.82, 2.24) is 14.7 Å². The first-order valence-electron chi connectivity index (χ1n) is 13.3. The Bertz CT molecular complexity index is 978. The van der Waals surface area contributed by atoms with E-state index in [4.69, 9.17) is 14.2 Å². The van der Waals surface area contributed by atoms with Gasteiger partial charge in [0.15, 0.2) is 0 Å². The number of β-amino-alcohol motifs (C(OH)–C–C–N with tert-alkyl or cyclic N) is 1. The highest BCUT2D eigenvalue weighted by Crippen LogP contribution is 2.21. The lowest BCUT2D eigenvalue weighted by molar-refractivity contribution is -0.138. The van der Waals surface area contributed by atoms with E-state index in [1.165, 1.54) is 33.0 Å². The molecule has 4 rings (SSSR count). The molecule has 0 saturated carbocycles. The molecular formula is C29H41N3O5. The number of rotatable bonds is 11. The minimum absolute atomic E-state index is 0.00583. The molecule has 0 aliphatic carbocycles. The summed E-state index contributed by atoms with van der Waals surface area (Å²) in [4.78, 5) is 18.9. The number of carbonyl (C=O) groups is 1. The number of amides is 1. The van der Waals surface area contributed by atoms with Crippen LogP contribution in [0.1, 0.15) is 24.0 Å². The molecule has 8 heteroatoms. The molecule has 2 aliphatic heterocycles. The third kappa shape index (κ3) is 8.43. The van der Waals surface area contributed by atoms with Gasteiger partial charge >= 0.3 is 0 Å². The van der Waals surface area contributed by atoms with Gasteiger partial charge < -0.3 is 24.2 Å². The van der Waals surface area contributed by atoms with Crippen LogP contribution in [0.25, 0.3) is 0 Å². The number of carbonyl (C=O) groups excluding carboxylic acids is 1. The summed E-state index contributed by atoms with van der Waals surface area (Å²) in [5.41, 5.74) is 1.06. The second kappa shape index (κ2) is 13.2. The highest BCUT2D eigenvalue weighted by Gasteiger charge is 2.37. The summed E-state index contributed by atoms with van der Waals surface area (Å²) in [6.07, 6.45) is 2.58. The van der Waals surface area contributed by atoms with Crippen molar-refractivity contribution < 1.29 is 24.1 Å². The molecule has 0 unspecified atom stereocenters. The highest BCUT2D eigenvalue weighted by atomic mass is 16.5. The molecule has 1 atom stereocenters. The third-order valence-corrected chi connectivity index (χ3v) is 7.04. The Hall–Kier alpha value is -2.65. The van der Waals surface area contributed by atoms with Crippen LogP contribution in [0.5, 0.6) is 11.5 Å². The predicted octanol–water partition coefficient (Wildman–Crippen LogP) is 2.57. The number of methoxy groups -OCH3 is 1. The van der Waals surface area contributed by atoms with Crippen LogP contribution in [0, 0.1) is 6.92 Å². The lowest BCUT2D eigenvalue weighted by atomic mass is 10.0. The summed E-state index contributed by atoms with van der Waals surface area (Å²) in [5, 5.41) is 11.6. The molecule has 8 nitrogen and oxygen atoms in total. The SMILES string of the molecule is COCC(=O)N1CCN(Cc2ccc(OCCN3CCCC3)cc2)C[C@](O)(COc2ccc(C)cc2)C1. The monoisotopic (exact) mass is 511 g/mol. The first kappa shape index (κ1) is 27.4. The van der Waals surface area contributed by atoms with E-state index in [2.05, 4.69) is 21.9 Å². The second-order valence-electron chi connectivity index (χ2n) is 10.3. The third-order valence-electron chi connectivity index (χ3n) is 7.04. The first-order valence-corrected chi connectivity index (χ1v) is 13.3. The quantitative estimate of drug-likeness (QED) is 0.497. The van der Waals surface area contributed by atoms with E-state index in [-0.39, 0.29) is 25.7 Å². The van der Waals surface area contributed by atoms with E-state index in [0.29, 0.717) is 38.5 Å². The fourth-order valence-corrected chi connectivity index (χ4v) is 5.00. The summed E-state index contributed by atoms with van der Waals surface area (Å²) in [6.45, 7) is 8.54. The Morgan fingerprint density at radius 3 is 2.27 bits per heavy atom. The smallest absolute Gasteiger partial charge is 0.248 e. The zero-order chi connectivity index (χ0) is 26.1. The number of likely N-dealkylation sites (tertiary alicyclic amines) is 1. The van der Waals surface area contributed by atoms with Gasteiger partial charge in [0.2, 0.25) is 5.91 Å². The van der Waals surface area contributed by atoms with Gasteiger partial charge in [-0.05, 0) is 62.7 Å². The summed E-state index contributed by atoms with van der Waals surface area (Å²) in [7, 11) is 1.51. The zero-order valence-corrected chi connectivity index (χ0v) is 22.2. The molecule has 202 valence electrons. The first-order chi connectivity index (χ1) is 17.9. The molecule has 37 heavy (non-hydrogen) atoms. The number of aliphatic hydroxyl groups is 1. The minimum Gasteiger partial charge on any atom is -0.492 e. The molecule has 0 spiro atoms. The van der Waals surface area contributed by atoms with E-state index in [1.807, 2.05) is 43.3 Å². The Balaban J connectivity index is 1.36. The normalized spacial score (nSPS) is 21.1. The number of nitrogens with zero attached hydrogens (tertiary/aromatic N) is 3. The Morgan fingerprint density at radius 1 is 0.892 bits per heavy atom. The van der Waals surface area contributed by atoms with Crippen molar-refractivity contribution >= 4 is 5.91 Å². The van der Waals surface area contributed by atoms with Crippen molar-refractivity contribution in [3.8, 4) is 11.5 Å². The van der Waals surface area contributed by atoms with Crippen LogP contribution in [0.15, 0.2) is 48.5 Å². The number of benzene rings is 2. The summed E-state index contributed by atoms with van der Waals surface area (Å²) >= 11 is 0. The van der Waals surface area contributed by atoms with E-state index in [1.54, 1.807) is 4.90 Å². The van der Waals surface area contributed by atoms with E-state index in [0.717, 1.165) is 23.4 Å². The van der Waals surface area contributed by atoms with E-state index >= 15 is 0 Å². The van der Waals surface area contributed by atoms with Crippen LogP contribution in [-0.4, -0.2) is 104 Å². The molecule has 0 aromatic heterocycles. The van der Waals surface area contributed by atoms with Gasteiger partial charge in [-0.1, -0.05) is 29.8 Å². The minimum atomic E-state index is -1.22. The highest BCUT2D eigenvalue weighted by molar-refractivity contribution is 5.77. The van der Waals surface area contributed by atoms with Crippen molar-refractivity contribution in [2.45, 2.75) is 31.9 Å². The maximum Gasteiger partial charge on any atom is 0.248 e. The van der Waals surface area contributed by atoms with Gasteiger partial charge in [-0.3, -0.25) is 14.6 Å². The predicted molar refractivity (Wildman–Crippen MR) is 143 cm³/mol. The average molecular weight is 512 g/mol. The van der Waals surface area contributed by atoms with Crippen molar-refractivity contribution in [3.05, 3.63) is 59.7 Å². The van der Waals surface area contributed by atoms with Gasteiger partial charge in [0.25, 0.3) is 0 Å². The standard InChI is InChI=1S/C29H41N3O5/c1-24-5-9-27(10-6-24)37-23-29(34)21-31(15-16-32(22-29)28(33)20-35-2)19-25-7-11-26(12-8-25)36-18-17-30-13-3-4-14-30/h5-12,34H,3-4,13-23H2,1-2H3/t29-/m1/s1. The fraction of sp³-hybridized carbons (Fsp3) is 0.552. The van der Waals surface area contributed by atoms with Crippen LogP contribution in [0.4, 0.5) is 0 Å². The molecule has 1 N–H and O–H groups in total. The number of ether oxygens (including phenoxy) is 3. The lowest BCUT2D eigenvalue weighted by Crippen LogP contribution is -2.52. The van der Waals surface area contributed by atoms with Crippen LogP contribution < -0.4 is 9.47 Å². The van der Waals surface area contributed by atoms with Crippen molar-refractivity contribution in [1.29, 1.82) is 0 Å². The molecule has 2 aromatic carbocycles. The number of hydrogen-bond donors (Lipinski definition) is 1. The van der Waals surface area contributed by atoms with E-state index < -0.39 is 5.60 Å². The van der Waals surface area contributed by atoms with Crippen molar-refractivity contribution in [2.75, 3.05) is 72.7 Å². The molecule has 2 heterocycles. The van der Waals surface area contributed by atoms with Gasteiger partial charge in [0.05, 0.1) is 6.54 Å². The van der Waals surface area contributed by atoms with Gasteiger partial charge in [-0.25, -0.2) is 0 Å². The zero-order valence-electron chi connectivity index (χ0n) is 22.2. The molecule has 1 amide bonds. The lowest BCUT2D eigenvalue weighted by Gasteiger charge is -2.33. The maximum absolute atomic E-state index is 12.6. The maximum atomic E-state index is 12.6. The second-order valence-corrected chi connectivity index (χ2v) is 10.3. The topological polar surface area (TPSA) is 74.7 Å². The van der Waals surface area contributed by atoms with Gasteiger partial charge in [0.1, 0.15) is 36.9 Å². The van der Waals surface area contributed by atoms with Crippen molar-refractivity contribution in [3.63, 3.8) is 0 Å². The van der Waals surface area contributed by atoms with Crippen LogP contribution in [0.3, 0.4) is 0 Å². The molecule has 2 aromatic rings. The average Bonchev–Trinajstić information content (AvgIpc) is 3.35. The number of aryl methyl sites for hydroxylation is 1. The Labute approximate surface area is 220 Å². The fourth-order valence-electron chi connectivity index (χ4n) is 5.00. The van der Waals surface area contributed by atoms with Gasteiger partial charge in [0, 0.05) is 39.8 Å². The van der Waals surface area contributed by atoms with Gasteiger partial charge in [-0.2, -0.15) is 0 Å². The molecule has 2 fully saturated rings. The Morgan fingerprint density at radius 2 is 1.57 bits per heavy atom. The summed E-state index contributed by atoms with van der Waals surface area (Å²) < 4.78 is 17.0. The summed E-state index contributed by atoms with van der Waals surface area (Å²) in [6, 6.07) is 15.9. The molecule has 2 aliphatic rings. The summed E-state index contributed by atoms with van der Waals surface area (Å²) in [5.74, 6) is 1.44. The van der Waals surface area contributed by atoms with Crippen LogP contribution in [-0.2, 0) is 16.1 Å². The van der Waals surface area contributed by atoms with Crippen LogP contribution >= 0.6 is 0 Å². The molecular weight excluding hydrogens is 470 g/mol. The van der Waals surface area contributed by atoms with Crippen LogP contribution in [0.2, 0.25) is 0 Å². The molecule has 0 bridgehead atoms. The van der Waals surface area contributed by atoms with Crippen molar-refractivity contribution in [2.24, 2.45) is 0 Å². The number of hydrogen-bond acceptors (Lipinski definition) is 7. The Kier molecular flexibility index (Phi) is 9.80. The molecule has 0 radical (unpaired) electrons. The van der Waals surface area contributed by atoms with Gasteiger partial charge in [-0.15, -0.1) is 0 Å². The molecule has 2 saturated heterocycles. The van der Waals surface area contributed by atoms with E-state index in [9.17, 15) is 9.90 Å². The largest absolute Gasteiger partial charge is 0.492 e.